The molecule has 1 aromatic carbocycles. The summed E-state index contributed by atoms with van der Waals surface area (Å²) in [5.41, 5.74) is 3.84. The SMILES string of the molecule is CCNC(c1ccnnc1)c1cccc(CC(C)C)c1. The Kier molecular flexibility index (Phi) is 5.24. The fraction of sp³-hybridized carbons (Fsp3) is 0.412. The standard InChI is InChI=1S/C17H23N3/c1-4-18-17(16-8-9-19-20-12-16)15-7-5-6-14(11-15)10-13(2)3/h5-9,11-13,17-18H,4,10H2,1-3H3. The molecule has 3 heteroatoms. The average Bonchev–Trinajstić information content (AvgIpc) is 2.45. The zero-order chi connectivity index (χ0) is 14.4. The van der Waals surface area contributed by atoms with Crippen molar-refractivity contribution < 1.29 is 0 Å². The van der Waals surface area contributed by atoms with Crippen molar-refractivity contribution >= 4 is 0 Å². The van der Waals surface area contributed by atoms with Gasteiger partial charge in [0.05, 0.1) is 12.2 Å². The molecule has 0 spiro atoms. The Labute approximate surface area is 121 Å². The molecule has 2 rings (SSSR count). The molecular weight excluding hydrogens is 246 g/mol. The van der Waals surface area contributed by atoms with Crippen LogP contribution in [0.25, 0.3) is 0 Å². The Balaban J connectivity index is 2.30. The van der Waals surface area contributed by atoms with Crippen LogP contribution in [0.15, 0.2) is 42.7 Å². The maximum Gasteiger partial charge on any atom is 0.0593 e. The maximum absolute atomic E-state index is 3.99. The summed E-state index contributed by atoms with van der Waals surface area (Å²) in [6, 6.07) is 11.0. The van der Waals surface area contributed by atoms with E-state index in [1.165, 1.54) is 11.1 Å². The number of benzene rings is 1. The Morgan fingerprint density at radius 2 is 1.95 bits per heavy atom. The van der Waals surface area contributed by atoms with Crippen LogP contribution in [0.1, 0.15) is 43.5 Å². The molecule has 1 heterocycles. The summed E-state index contributed by atoms with van der Waals surface area (Å²) in [6.45, 7) is 7.55. The van der Waals surface area contributed by atoms with Gasteiger partial charge in [0.15, 0.2) is 0 Å². The van der Waals surface area contributed by atoms with Gasteiger partial charge in [0.25, 0.3) is 0 Å². The molecule has 106 valence electrons. The highest BCUT2D eigenvalue weighted by molar-refractivity contribution is 5.33. The zero-order valence-electron chi connectivity index (χ0n) is 12.5. The van der Waals surface area contributed by atoms with Crippen LogP contribution in [0.3, 0.4) is 0 Å². The van der Waals surface area contributed by atoms with E-state index in [-0.39, 0.29) is 6.04 Å². The molecule has 2 aromatic rings. The minimum absolute atomic E-state index is 0.183. The number of nitrogens with zero attached hydrogens (tertiary/aromatic N) is 2. The number of rotatable bonds is 6. The lowest BCUT2D eigenvalue weighted by molar-refractivity contribution is 0.620. The van der Waals surface area contributed by atoms with E-state index < -0.39 is 0 Å². The molecule has 0 fully saturated rings. The molecule has 3 nitrogen and oxygen atoms in total. The first-order valence-electron chi connectivity index (χ1n) is 7.29. The van der Waals surface area contributed by atoms with Gasteiger partial charge in [0.2, 0.25) is 0 Å². The first kappa shape index (κ1) is 14.7. The normalized spacial score (nSPS) is 12.6. The van der Waals surface area contributed by atoms with Crippen LogP contribution in [0.4, 0.5) is 0 Å². The Hall–Kier alpha value is -1.74. The highest BCUT2D eigenvalue weighted by Gasteiger charge is 2.13. The van der Waals surface area contributed by atoms with Crippen LogP contribution >= 0.6 is 0 Å². The van der Waals surface area contributed by atoms with Gasteiger partial charge in [0, 0.05) is 6.20 Å². The quantitative estimate of drug-likeness (QED) is 0.873. The maximum atomic E-state index is 3.99. The minimum atomic E-state index is 0.183. The second-order valence-electron chi connectivity index (χ2n) is 5.51. The largest absolute Gasteiger partial charge is 0.306 e. The highest BCUT2D eigenvalue weighted by atomic mass is 15.1. The van der Waals surface area contributed by atoms with Crippen LogP contribution < -0.4 is 5.32 Å². The zero-order valence-corrected chi connectivity index (χ0v) is 12.5. The van der Waals surface area contributed by atoms with Crippen LogP contribution in [0.5, 0.6) is 0 Å². The molecule has 1 unspecified atom stereocenters. The lowest BCUT2D eigenvalue weighted by Gasteiger charge is -2.19. The molecule has 1 N–H and O–H groups in total. The molecule has 20 heavy (non-hydrogen) atoms. The summed E-state index contributed by atoms with van der Waals surface area (Å²) < 4.78 is 0. The molecule has 0 saturated carbocycles. The lowest BCUT2D eigenvalue weighted by atomic mass is 9.95. The van der Waals surface area contributed by atoms with Crippen LogP contribution in [-0.4, -0.2) is 16.7 Å². The third-order valence-corrected chi connectivity index (χ3v) is 3.28. The molecule has 0 radical (unpaired) electrons. The van der Waals surface area contributed by atoms with Crippen molar-refractivity contribution in [1.82, 2.24) is 15.5 Å². The van der Waals surface area contributed by atoms with Gasteiger partial charge < -0.3 is 5.32 Å². The smallest absolute Gasteiger partial charge is 0.0593 e. The molecule has 0 amide bonds. The van der Waals surface area contributed by atoms with E-state index in [9.17, 15) is 0 Å². The van der Waals surface area contributed by atoms with E-state index in [1.54, 1.807) is 6.20 Å². The second-order valence-corrected chi connectivity index (χ2v) is 5.51. The van der Waals surface area contributed by atoms with Gasteiger partial charge in [-0.15, -0.1) is 0 Å². The van der Waals surface area contributed by atoms with Gasteiger partial charge in [0.1, 0.15) is 0 Å². The summed E-state index contributed by atoms with van der Waals surface area (Å²) in [7, 11) is 0. The fourth-order valence-corrected chi connectivity index (χ4v) is 2.48. The first-order valence-corrected chi connectivity index (χ1v) is 7.29. The van der Waals surface area contributed by atoms with Crippen molar-refractivity contribution in [3.8, 4) is 0 Å². The van der Waals surface area contributed by atoms with E-state index in [4.69, 9.17) is 0 Å². The summed E-state index contributed by atoms with van der Waals surface area (Å²) in [5.74, 6) is 0.672. The summed E-state index contributed by atoms with van der Waals surface area (Å²) in [5, 5.41) is 11.4. The molecule has 1 atom stereocenters. The van der Waals surface area contributed by atoms with Crippen molar-refractivity contribution in [2.24, 2.45) is 5.92 Å². The van der Waals surface area contributed by atoms with Crippen molar-refractivity contribution in [3.63, 3.8) is 0 Å². The molecule has 0 saturated heterocycles. The Bertz CT molecular complexity index is 523. The minimum Gasteiger partial charge on any atom is -0.306 e. The van der Waals surface area contributed by atoms with Crippen molar-refractivity contribution in [2.75, 3.05) is 6.54 Å². The molecule has 0 aliphatic carbocycles. The molecule has 0 aliphatic heterocycles. The van der Waals surface area contributed by atoms with E-state index >= 15 is 0 Å². The second kappa shape index (κ2) is 7.15. The van der Waals surface area contributed by atoms with Gasteiger partial charge in [-0.25, -0.2) is 0 Å². The molecular formula is C17H23N3. The number of hydrogen-bond donors (Lipinski definition) is 1. The summed E-state index contributed by atoms with van der Waals surface area (Å²) >= 11 is 0. The van der Waals surface area contributed by atoms with E-state index in [0.29, 0.717) is 5.92 Å². The van der Waals surface area contributed by atoms with Gasteiger partial charge in [-0.05, 0) is 41.6 Å². The number of hydrogen-bond acceptors (Lipinski definition) is 3. The number of nitrogens with one attached hydrogen (secondary N) is 1. The van der Waals surface area contributed by atoms with E-state index in [0.717, 1.165) is 18.5 Å². The van der Waals surface area contributed by atoms with Crippen molar-refractivity contribution in [1.29, 1.82) is 0 Å². The number of aromatic nitrogens is 2. The van der Waals surface area contributed by atoms with Crippen molar-refractivity contribution in [3.05, 3.63) is 59.4 Å². The van der Waals surface area contributed by atoms with Gasteiger partial charge in [-0.2, -0.15) is 10.2 Å². The van der Waals surface area contributed by atoms with Gasteiger partial charge in [-0.1, -0.05) is 45.0 Å². The third-order valence-electron chi connectivity index (χ3n) is 3.28. The monoisotopic (exact) mass is 269 g/mol. The molecule has 1 aromatic heterocycles. The van der Waals surface area contributed by atoms with Crippen LogP contribution in [0.2, 0.25) is 0 Å². The third kappa shape index (κ3) is 3.87. The predicted molar refractivity (Wildman–Crippen MR) is 82.5 cm³/mol. The average molecular weight is 269 g/mol. The fourth-order valence-electron chi connectivity index (χ4n) is 2.48. The Morgan fingerprint density at radius 3 is 2.60 bits per heavy atom. The Morgan fingerprint density at radius 1 is 1.10 bits per heavy atom. The summed E-state index contributed by atoms with van der Waals surface area (Å²) in [4.78, 5) is 0. The van der Waals surface area contributed by atoms with E-state index in [1.807, 2.05) is 12.3 Å². The van der Waals surface area contributed by atoms with E-state index in [2.05, 4.69) is 60.6 Å². The molecule has 0 bridgehead atoms. The van der Waals surface area contributed by atoms with Crippen molar-refractivity contribution in [2.45, 2.75) is 33.2 Å². The molecule has 0 aliphatic rings. The predicted octanol–water partition coefficient (Wildman–Crippen LogP) is 3.37. The highest BCUT2D eigenvalue weighted by Crippen LogP contribution is 2.22. The van der Waals surface area contributed by atoms with Crippen LogP contribution in [-0.2, 0) is 6.42 Å². The summed E-state index contributed by atoms with van der Waals surface area (Å²) in [6.07, 6.45) is 4.70. The first-order chi connectivity index (χ1) is 9.70. The lowest BCUT2D eigenvalue weighted by Crippen LogP contribution is -2.22. The van der Waals surface area contributed by atoms with Crippen LogP contribution in [0, 0.1) is 5.92 Å². The van der Waals surface area contributed by atoms with Gasteiger partial charge in [-0.3, -0.25) is 0 Å². The topological polar surface area (TPSA) is 37.8 Å². The van der Waals surface area contributed by atoms with Gasteiger partial charge >= 0.3 is 0 Å².